The Hall–Kier alpha value is -0.666. The molecule has 0 aliphatic rings. The Morgan fingerprint density at radius 3 is 2.87 bits per heavy atom. The van der Waals surface area contributed by atoms with Crippen molar-refractivity contribution in [3.05, 3.63) is 36.8 Å². The van der Waals surface area contributed by atoms with E-state index in [0.29, 0.717) is 0 Å². The molecule has 1 aromatic heterocycles. The van der Waals surface area contributed by atoms with Crippen molar-refractivity contribution >= 4 is 0 Å². The van der Waals surface area contributed by atoms with Gasteiger partial charge in [0.25, 0.3) is 0 Å². The standard InChI is InChI=1S/C11H11N2O.Y/c1-13-8-12-7-10(13)9-5-3-4-6-11(9)14-2;/h3-4,6,8,12H,1-2H3;/q-1;. The zero-order valence-corrected chi connectivity index (χ0v) is 11.6. The summed E-state index contributed by atoms with van der Waals surface area (Å²) in [4.78, 5) is 2.91. The number of ether oxygens (including phenoxy) is 1. The Bertz CT molecular complexity index is 440. The second-order valence-corrected chi connectivity index (χ2v) is 2.97. The molecule has 0 unspecified atom stereocenters. The maximum absolute atomic E-state index is 5.25. The first-order chi connectivity index (χ1) is 6.83. The average Bonchev–Trinajstić information content (AvgIpc) is 2.64. The van der Waals surface area contributed by atoms with E-state index in [9.17, 15) is 0 Å². The zero-order valence-electron chi connectivity index (χ0n) is 8.74. The van der Waals surface area contributed by atoms with E-state index >= 15 is 0 Å². The van der Waals surface area contributed by atoms with Crippen molar-refractivity contribution in [3.8, 4) is 17.0 Å². The van der Waals surface area contributed by atoms with Crippen LogP contribution in [-0.4, -0.2) is 11.7 Å². The molecule has 1 radical (unpaired) electrons. The number of H-pyrrole nitrogens is 1. The summed E-state index contributed by atoms with van der Waals surface area (Å²) in [5.74, 6) is 0.805. The van der Waals surface area contributed by atoms with Crippen molar-refractivity contribution < 1.29 is 42.4 Å². The van der Waals surface area contributed by atoms with Gasteiger partial charge >= 0.3 is 0 Å². The molecule has 0 aliphatic heterocycles. The SMILES string of the molecule is COc1ccc[c-]c1-c1[c-][nH+]cn1C.[Y]. The fourth-order valence-corrected chi connectivity index (χ4v) is 1.37. The van der Waals surface area contributed by atoms with Crippen LogP contribution in [0.25, 0.3) is 11.3 Å². The molecule has 0 amide bonds. The Morgan fingerprint density at radius 2 is 2.27 bits per heavy atom. The van der Waals surface area contributed by atoms with Crippen LogP contribution in [0.3, 0.4) is 0 Å². The van der Waals surface area contributed by atoms with Gasteiger partial charge < -0.3 is 14.3 Å². The second kappa shape index (κ2) is 5.43. The molecule has 2 rings (SSSR count). The van der Waals surface area contributed by atoms with Crippen molar-refractivity contribution in [1.82, 2.24) is 4.57 Å². The van der Waals surface area contributed by atoms with Gasteiger partial charge in [0, 0.05) is 38.9 Å². The van der Waals surface area contributed by atoms with E-state index in [-0.39, 0.29) is 32.7 Å². The molecule has 2 aromatic rings. The van der Waals surface area contributed by atoms with Crippen LogP contribution in [0.1, 0.15) is 0 Å². The molecule has 0 aliphatic carbocycles. The Labute approximate surface area is 114 Å². The fraction of sp³-hybridized carbons (Fsp3) is 0.182. The van der Waals surface area contributed by atoms with Crippen molar-refractivity contribution in [2.24, 2.45) is 7.05 Å². The maximum Gasteiger partial charge on any atom is 0.136 e. The monoisotopic (exact) mass is 276 g/mol. The van der Waals surface area contributed by atoms with Crippen molar-refractivity contribution in [2.75, 3.05) is 7.11 Å². The number of methoxy groups -OCH3 is 1. The van der Waals surface area contributed by atoms with Gasteiger partial charge in [-0.25, -0.2) is 6.07 Å². The summed E-state index contributed by atoms with van der Waals surface area (Å²) in [6, 6.07) is 8.80. The van der Waals surface area contributed by atoms with E-state index < -0.39 is 0 Å². The number of aromatic nitrogens is 2. The van der Waals surface area contributed by atoms with Crippen LogP contribution in [0.5, 0.6) is 5.75 Å². The summed E-state index contributed by atoms with van der Waals surface area (Å²) < 4.78 is 7.18. The predicted octanol–water partition coefficient (Wildman–Crippen LogP) is 1.11. The molecular formula is C11H11N2OY-. The second-order valence-electron chi connectivity index (χ2n) is 2.97. The number of aryl methyl sites for hydroxylation is 1. The van der Waals surface area contributed by atoms with Gasteiger partial charge in [-0.3, -0.25) is 0 Å². The summed E-state index contributed by atoms with van der Waals surface area (Å²) in [6.07, 6.45) is 4.85. The van der Waals surface area contributed by atoms with Crippen LogP contribution in [-0.2, 0) is 39.8 Å². The number of aromatic amines is 1. The average molecular weight is 276 g/mol. The molecule has 0 atom stereocenters. The number of rotatable bonds is 2. The molecule has 0 saturated heterocycles. The predicted molar refractivity (Wildman–Crippen MR) is 51.6 cm³/mol. The molecule has 0 saturated carbocycles. The summed E-state index contributed by atoms with van der Waals surface area (Å²) in [5, 5.41) is 0. The Morgan fingerprint density at radius 1 is 1.47 bits per heavy atom. The quantitative estimate of drug-likeness (QED) is 0.755. The van der Waals surface area contributed by atoms with Crippen LogP contribution in [0.2, 0.25) is 0 Å². The molecule has 4 heteroatoms. The van der Waals surface area contributed by atoms with Crippen molar-refractivity contribution in [2.45, 2.75) is 0 Å². The minimum Gasteiger partial charge on any atom is -0.553 e. The largest absolute Gasteiger partial charge is 0.553 e. The number of imidazole rings is 1. The zero-order chi connectivity index (χ0) is 9.97. The first-order valence-electron chi connectivity index (χ1n) is 4.32. The Kier molecular flexibility index (Phi) is 4.49. The smallest absolute Gasteiger partial charge is 0.136 e. The molecule has 1 heterocycles. The summed E-state index contributed by atoms with van der Waals surface area (Å²) >= 11 is 0. The molecule has 1 N–H and O–H groups in total. The molecule has 0 spiro atoms. The van der Waals surface area contributed by atoms with Crippen LogP contribution in [0.4, 0.5) is 0 Å². The first kappa shape index (κ1) is 12.4. The van der Waals surface area contributed by atoms with E-state index in [0.717, 1.165) is 17.0 Å². The minimum atomic E-state index is 0. The summed E-state index contributed by atoms with van der Waals surface area (Å²) in [7, 11) is 3.60. The Balaban J connectivity index is 0.00000112. The van der Waals surface area contributed by atoms with Gasteiger partial charge in [0.1, 0.15) is 6.33 Å². The van der Waals surface area contributed by atoms with Gasteiger partial charge in [0.2, 0.25) is 0 Å². The van der Waals surface area contributed by atoms with Gasteiger partial charge in [0.05, 0.1) is 14.2 Å². The molecule has 15 heavy (non-hydrogen) atoms. The number of hydrogen-bond acceptors (Lipinski definition) is 1. The minimum absolute atomic E-state index is 0. The summed E-state index contributed by atoms with van der Waals surface area (Å²) in [5.41, 5.74) is 1.85. The third kappa shape index (κ3) is 2.47. The van der Waals surface area contributed by atoms with Gasteiger partial charge in [-0.2, -0.15) is 11.6 Å². The van der Waals surface area contributed by atoms with E-state index in [1.165, 1.54) is 0 Å². The van der Waals surface area contributed by atoms with Gasteiger partial charge in [-0.1, -0.05) is 0 Å². The van der Waals surface area contributed by atoms with E-state index in [1.807, 2.05) is 36.1 Å². The normalized spacial score (nSPS) is 9.47. The molecular weight excluding hydrogens is 265 g/mol. The third-order valence-electron chi connectivity index (χ3n) is 2.08. The molecule has 75 valence electrons. The van der Waals surface area contributed by atoms with Crippen LogP contribution >= 0.6 is 0 Å². The molecule has 0 fully saturated rings. The number of nitrogens with zero attached hydrogens (tertiary/aromatic N) is 1. The van der Waals surface area contributed by atoms with Gasteiger partial charge in [-0.05, 0) is 11.4 Å². The van der Waals surface area contributed by atoms with E-state index in [2.05, 4.69) is 17.2 Å². The summed E-state index contributed by atoms with van der Waals surface area (Å²) in [6.45, 7) is 0. The van der Waals surface area contributed by atoms with E-state index in [4.69, 9.17) is 4.74 Å². The number of benzene rings is 1. The van der Waals surface area contributed by atoms with Crippen LogP contribution in [0, 0.1) is 12.3 Å². The van der Waals surface area contributed by atoms with Crippen molar-refractivity contribution in [1.29, 1.82) is 0 Å². The number of nitrogens with one attached hydrogen (secondary N) is 1. The van der Waals surface area contributed by atoms with Gasteiger partial charge in [-0.15, -0.1) is 12.1 Å². The van der Waals surface area contributed by atoms with Crippen LogP contribution < -0.4 is 9.72 Å². The molecule has 3 nitrogen and oxygen atoms in total. The molecule has 1 aromatic carbocycles. The molecule has 0 bridgehead atoms. The number of hydrogen-bond donors (Lipinski definition) is 0. The topological polar surface area (TPSA) is 28.3 Å². The van der Waals surface area contributed by atoms with Crippen molar-refractivity contribution in [3.63, 3.8) is 0 Å². The fourth-order valence-electron chi connectivity index (χ4n) is 1.37. The van der Waals surface area contributed by atoms with E-state index in [1.54, 1.807) is 7.11 Å². The van der Waals surface area contributed by atoms with Crippen LogP contribution in [0.15, 0.2) is 24.5 Å². The third-order valence-corrected chi connectivity index (χ3v) is 2.08. The first-order valence-corrected chi connectivity index (χ1v) is 4.32. The van der Waals surface area contributed by atoms with Gasteiger partial charge in [0.15, 0.2) is 0 Å². The maximum atomic E-state index is 5.25.